The zero-order chi connectivity index (χ0) is 13.9. The quantitative estimate of drug-likeness (QED) is 0.781. The number of rotatable bonds is 7. The summed E-state index contributed by atoms with van der Waals surface area (Å²) in [6.07, 6.45) is 5.74. The number of nitrogens with one attached hydrogen (secondary N) is 1. The summed E-state index contributed by atoms with van der Waals surface area (Å²) in [5, 5.41) is 3.18. The minimum Gasteiger partial charge on any atom is -0.429 e. The molecule has 0 spiro atoms. The zero-order valence-electron chi connectivity index (χ0n) is 11.5. The first-order valence-corrected chi connectivity index (χ1v) is 9.20. The minimum absolute atomic E-state index is 0.198. The minimum atomic E-state index is -2.52. The molecule has 1 atom stereocenters. The van der Waals surface area contributed by atoms with E-state index in [1.165, 1.54) is 12.8 Å². The molecule has 1 saturated carbocycles. The van der Waals surface area contributed by atoms with Crippen LogP contribution >= 0.6 is 6.64 Å². The Labute approximate surface area is 119 Å². The van der Waals surface area contributed by atoms with E-state index in [-0.39, 0.29) is 6.04 Å². The van der Waals surface area contributed by atoms with Gasteiger partial charge in [-0.25, -0.2) is 15.1 Å². The highest BCUT2D eigenvalue weighted by atomic mass is 32.5. The van der Waals surface area contributed by atoms with E-state index in [1.807, 2.05) is 20.8 Å². The maximum Gasteiger partial charge on any atom is 0.313 e. The Bertz CT molecular complexity index is 463. The van der Waals surface area contributed by atoms with E-state index in [0.717, 1.165) is 5.82 Å². The molecule has 1 aliphatic carbocycles. The molecule has 0 saturated heterocycles. The molecule has 5 nitrogen and oxygen atoms in total. The van der Waals surface area contributed by atoms with Crippen molar-refractivity contribution in [3.05, 3.63) is 18.2 Å². The molecular weight excluding hydrogens is 281 g/mol. The number of hydrogen-bond donors (Lipinski definition) is 1. The second kappa shape index (κ2) is 6.27. The van der Waals surface area contributed by atoms with Crippen molar-refractivity contribution in [3.63, 3.8) is 0 Å². The van der Waals surface area contributed by atoms with Gasteiger partial charge in [0.1, 0.15) is 5.82 Å². The monoisotopic (exact) mass is 301 g/mol. The van der Waals surface area contributed by atoms with Gasteiger partial charge in [0.05, 0.1) is 19.0 Å². The zero-order valence-corrected chi connectivity index (χ0v) is 13.2. The molecule has 0 aliphatic heterocycles. The molecular formula is C12H20N3O2PS. The summed E-state index contributed by atoms with van der Waals surface area (Å²) in [5.74, 6) is 2.00. The Kier molecular flexibility index (Phi) is 4.90. The third kappa shape index (κ3) is 4.49. The molecule has 0 bridgehead atoms. The first-order chi connectivity index (χ1) is 9.02. The summed E-state index contributed by atoms with van der Waals surface area (Å²) in [6, 6.07) is 0.198. The molecule has 1 unspecified atom stereocenters. The summed E-state index contributed by atoms with van der Waals surface area (Å²) in [4.78, 5) is 8.63. The molecule has 1 aromatic rings. The number of aromatic nitrogens is 2. The van der Waals surface area contributed by atoms with Crippen LogP contribution < -0.4 is 9.61 Å². The van der Waals surface area contributed by atoms with E-state index in [9.17, 15) is 0 Å². The SMILES string of the molecule is CCOP(=S)(NC(C)C)Oc1cnc(C2CC2)nc1. The van der Waals surface area contributed by atoms with Crippen molar-refractivity contribution in [1.82, 2.24) is 15.1 Å². The van der Waals surface area contributed by atoms with Crippen LogP contribution in [0.3, 0.4) is 0 Å². The van der Waals surface area contributed by atoms with Crippen LogP contribution in [0.15, 0.2) is 12.4 Å². The molecule has 2 rings (SSSR count). The lowest BCUT2D eigenvalue weighted by Gasteiger charge is -2.24. The van der Waals surface area contributed by atoms with Crippen LogP contribution in [0.2, 0.25) is 0 Å². The normalized spacial score (nSPS) is 18.3. The largest absolute Gasteiger partial charge is 0.429 e. The Morgan fingerprint density at radius 2 is 2.05 bits per heavy atom. The van der Waals surface area contributed by atoms with Gasteiger partial charge in [0.25, 0.3) is 0 Å². The molecule has 1 heterocycles. The highest BCUT2D eigenvalue weighted by molar-refractivity contribution is 8.09. The molecule has 19 heavy (non-hydrogen) atoms. The number of nitrogens with zero attached hydrogens (tertiary/aromatic N) is 2. The van der Waals surface area contributed by atoms with Gasteiger partial charge in [-0.3, -0.25) is 0 Å². The molecule has 0 aromatic carbocycles. The van der Waals surface area contributed by atoms with E-state index in [4.69, 9.17) is 20.9 Å². The summed E-state index contributed by atoms with van der Waals surface area (Å²) in [5.41, 5.74) is 0. The molecule has 106 valence electrons. The van der Waals surface area contributed by atoms with E-state index in [0.29, 0.717) is 18.3 Å². The van der Waals surface area contributed by atoms with Crippen molar-refractivity contribution in [2.45, 2.75) is 45.6 Å². The van der Waals surface area contributed by atoms with E-state index in [2.05, 4.69) is 15.1 Å². The van der Waals surface area contributed by atoms with Gasteiger partial charge in [-0.05, 0) is 45.4 Å². The van der Waals surface area contributed by atoms with Crippen molar-refractivity contribution in [2.75, 3.05) is 6.61 Å². The van der Waals surface area contributed by atoms with Crippen LogP contribution in [0.5, 0.6) is 5.75 Å². The maximum absolute atomic E-state index is 5.78. The predicted molar refractivity (Wildman–Crippen MR) is 78.8 cm³/mol. The predicted octanol–water partition coefficient (Wildman–Crippen LogP) is 2.99. The van der Waals surface area contributed by atoms with Gasteiger partial charge in [0.2, 0.25) is 0 Å². The van der Waals surface area contributed by atoms with Gasteiger partial charge in [-0.1, -0.05) is 0 Å². The average Bonchev–Trinajstić information content (AvgIpc) is 3.12. The van der Waals surface area contributed by atoms with Crippen LogP contribution in [-0.2, 0) is 16.3 Å². The topological polar surface area (TPSA) is 56.3 Å². The second-order valence-corrected chi connectivity index (χ2v) is 7.98. The fourth-order valence-corrected chi connectivity index (χ4v) is 4.37. The van der Waals surface area contributed by atoms with Crippen molar-refractivity contribution in [2.24, 2.45) is 0 Å². The third-order valence-electron chi connectivity index (χ3n) is 2.53. The third-order valence-corrected chi connectivity index (χ3v) is 5.27. The van der Waals surface area contributed by atoms with Crippen molar-refractivity contribution < 1.29 is 9.05 Å². The van der Waals surface area contributed by atoms with Gasteiger partial charge in [-0.15, -0.1) is 0 Å². The Morgan fingerprint density at radius 3 is 2.53 bits per heavy atom. The van der Waals surface area contributed by atoms with Gasteiger partial charge in [0.15, 0.2) is 5.75 Å². The van der Waals surface area contributed by atoms with Crippen LogP contribution in [0, 0.1) is 0 Å². The summed E-state index contributed by atoms with van der Waals surface area (Å²) >= 11 is 5.46. The smallest absolute Gasteiger partial charge is 0.313 e. The molecule has 7 heteroatoms. The summed E-state index contributed by atoms with van der Waals surface area (Å²) in [6.45, 7) is 3.92. The van der Waals surface area contributed by atoms with Crippen molar-refractivity contribution in [1.29, 1.82) is 0 Å². The fourth-order valence-electron chi connectivity index (χ4n) is 1.64. The average molecular weight is 301 g/mol. The second-order valence-electron chi connectivity index (χ2n) is 4.84. The van der Waals surface area contributed by atoms with Crippen LogP contribution in [0.4, 0.5) is 0 Å². The van der Waals surface area contributed by atoms with Gasteiger partial charge < -0.3 is 9.05 Å². The fraction of sp³-hybridized carbons (Fsp3) is 0.667. The molecule has 1 aliphatic rings. The van der Waals surface area contributed by atoms with Gasteiger partial charge in [-0.2, -0.15) is 0 Å². The summed E-state index contributed by atoms with van der Waals surface area (Å²) in [7, 11) is 0. The van der Waals surface area contributed by atoms with E-state index in [1.54, 1.807) is 12.4 Å². The lowest BCUT2D eigenvalue weighted by molar-refractivity contribution is 0.318. The first kappa shape index (κ1) is 14.9. The van der Waals surface area contributed by atoms with Gasteiger partial charge >= 0.3 is 6.64 Å². The van der Waals surface area contributed by atoms with Gasteiger partial charge in [0, 0.05) is 12.0 Å². The molecule has 1 fully saturated rings. The maximum atomic E-state index is 5.78. The van der Waals surface area contributed by atoms with Crippen LogP contribution in [0.25, 0.3) is 0 Å². The Morgan fingerprint density at radius 1 is 1.42 bits per heavy atom. The highest BCUT2D eigenvalue weighted by Gasteiger charge is 2.27. The lowest BCUT2D eigenvalue weighted by atomic mass is 10.4. The number of hydrogen-bond acceptors (Lipinski definition) is 5. The molecule has 1 aromatic heterocycles. The summed E-state index contributed by atoms with van der Waals surface area (Å²) < 4.78 is 11.3. The molecule has 0 amide bonds. The van der Waals surface area contributed by atoms with E-state index >= 15 is 0 Å². The van der Waals surface area contributed by atoms with Crippen LogP contribution in [-0.4, -0.2) is 22.6 Å². The molecule has 0 radical (unpaired) electrons. The first-order valence-electron chi connectivity index (χ1n) is 6.56. The van der Waals surface area contributed by atoms with Crippen molar-refractivity contribution >= 4 is 18.4 Å². The van der Waals surface area contributed by atoms with Crippen LogP contribution in [0.1, 0.15) is 45.4 Å². The highest BCUT2D eigenvalue weighted by Crippen LogP contribution is 2.45. The van der Waals surface area contributed by atoms with E-state index < -0.39 is 6.64 Å². The Balaban J connectivity index is 2.05. The standard InChI is InChI=1S/C12H20N3O2PS/c1-4-16-18(19,15-9(2)3)17-11-7-13-12(14-8-11)10-5-6-10/h7-10H,4-6H2,1-3H3,(H,15,19). The Hall–Kier alpha value is -0.550. The lowest BCUT2D eigenvalue weighted by Crippen LogP contribution is -2.23. The van der Waals surface area contributed by atoms with Crippen molar-refractivity contribution in [3.8, 4) is 5.75 Å². The molecule has 1 N–H and O–H groups in total.